The van der Waals surface area contributed by atoms with Crippen LogP contribution in [0.3, 0.4) is 0 Å². The Morgan fingerprint density at radius 2 is 2.00 bits per heavy atom. The van der Waals surface area contributed by atoms with E-state index in [2.05, 4.69) is 5.32 Å². The fourth-order valence-electron chi connectivity index (χ4n) is 2.81. The lowest BCUT2D eigenvalue weighted by Gasteiger charge is -2.13. The highest BCUT2D eigenvalue weighted by Gasteiger charge is 2.23. The van der Waals surface area contributed by atoms with Gasteiger partial charge in [-0.2, -0.15) is 0 Å². The van der Waals surface area contributed by atoms with Crippen molar-refractivity contribution in [3.05, 3.63) is 57.2 Å². The molecular weight excluding hydrogens is 324 g/mol. The van der Waals surface area contributed by atoms with E-state index in [9.17, 15) is 14.7 Å². The number of aromatic hydroxyl groups is 1. The van der Waals surface area contributed by atoms with Crippen LogP contribution in [0.4, 0.5) is 5.69 Å². The van der Waals surface area contributed by atoms with Crippen molar-refractivity contribution in [1.29, 1.82) is 0 Å². The molecule has 0 saturated carbocycles. The first kappa shape index (κ1) is 16.3. The molecule has 0 aliphatic carbocycles. The van der Waals surface area contributed by atoms with E-state index in [1.165, 1.54) is 15.9 Å². The van der Waals surface area contributed by atoms with Gasteiger partial charge in [0, 0.05) is 12.2 Å². The molecule has 24 heavy (non-hydrogen) atoms. The van der Waals surface area contributed by atoms with Gasteiger partial charge in [0.25, 0.3) is 11.5 Å². The molecule has 124 valence electrons. The minimum Gasteiger partial charge on any atom is -0.505 e. The number of nitrogens with zero attached hydrogens (tertiary/aromatic N) is 1. The van der Waals surface area contributed by atoms with E-state index in [4.69, 9.17) is 0 Å². The summed E-state index contributed by atoms with van der Waals surface area (Å²) in [4.78, 5) is 25.3. The zero-order valence-electron chi connectivity index (χ0n) is 13.5. The summed E-state index contributed by atoms with van der Waals surface area (Å²) >= 11 is 1.31. The summed E-state index contributed by atoms with van der Waals surface area (Å²) in [7, 11) is 0. The molecule has 0 aliphatic rings. The molecule has 2 N–H and O–H groups in total. The van der Waals surface area contributed by atoms with Gasteiger partial charge in [0.1, 0.15) is 5.56 Å². The highest BCUT2D eigenvalue weighted by molar-refractivity contribution is 7.17. The number of aromatic nitrogens is 1. The van der Waals surface area contributed by atoms with E-state index >= 15 is 0 Å². The topological polar surface area (TPSA) is 71.3 Å². The summed E-state index contributed by atoms with van der Waals surface area (Å²) in [5.41, 5.74) is 1.58. The maximum Gasteiger partial charge on any atom is 0.267 e. The summed E-state index contributed by atoms with van der Waals surface area (Å²) in [5, 5.41) is 15.0. The molecule has 2 aromatic heterocycles. The number of nitrogens with one attached hydrogen (secondary N) is 1. The normalized spacial score (nSPS) is 10.9. The van der Waals surface area contributed by atoms with E-state index < -0.39 is 11.5 Å². The van der Waals surface area contributed by atoms with Crippen LogP contribution >= 0.6 is 11.3 Å². The van der Waals surface area contributed by atoms with Crippen LogP contribution in [0.2, 0.25) is 0 Å². The Bertz CT molecular complexity index is 972. The predicted molar refractivity (Wildman–Crippen MR) is 97.2 cm³/mol. The van der Waals surface area contributed by atoms with E-state index in [0.29, 0.717) is 22.4 Å². The summed E-state index contributed by atoms with van der Waals surface area (Å²) in [6.45, 7) is 4.26. The highest BCUT2D eigenvalue weighted by Crippen LogP contribution is 2.31. The van der Waals surface area contributed by atoms with Gasteiger partial charge in [-0.05, 0) is 36.4 Å². The van der Waals surface area contributed by atoms with Gasteiger partial charge < -0.3 is 15.0 Å². The highest BCUT2D eigenvalue weighted by atomic mass is 32.1. The number of para-hydroxylation sites is 1. The van der Waals surface area contributed by atoms with Crippen LogP contribution in [0.15, 0.2) is 40.5 Å². The Morgan fingerprint density at radius 3 is 2.71 bits per heavy atom. The maximum atomic E-state index is 12.7. The number of amides is 1. The second-order valence-electron chi connectivity index (χ2n) is 5.37. The molecule has 0 spiro atoms. The summed E-state index contributed by atoms with van der Waals surface area (Å²) in [5.74, 6) is -0.836. The zero-order valence-corrected chi connectivity index (χ0v) is 14.3. The van der Waals surface area contributed by atoms with E-state index in [-0.39, 0.29) is 11.3 Å². The summed E-state index contributed by atoms with van der Waals surface area (Å²) < 4.78 is 2.05. The Hall–Kier alpha value is -2.60. The number of fused-ring (bicyclic) bond motifs is 1. The van der Waals surface area contributed by atoms with Crippen molar-refractivity contribution < 1.29 is 9.90 Å². The third-order valence-corrected chi connectivity index (χ3v) is 4.95. The van der Waals surface area contributed by atoms with Crippen LogP contribution < -0.4 is 10.9 Å². The first-order valence-corrected chi connectivity index (χ1v) is 8.68. The number of rotatable bonds is 4. The van der Waals surface area contributed by atoms with Crippen molar-refractivity contribution in [2.24, 2.45) is 0 Å². The smallest absolute Gasteiger partial charge is 0.267 e. The van der Waals surface area contributed by atoms with E-state index in [1.54, 1.807) is 17.5 Å². The number of thiophene rings is 1. The first-order chi connectivity index (χ1) is 11.6. The van der Waals surface area contributed by atoms with Crippen LogP contribution in [0.1, 0.15) is 29.8 Å². The number of hydrogen-bond acceptors (Lipinski definition) is 4. The third-order valence-electron chi connectivity index (χ3n) is 4.04. The molecular formula is C18H18N2O3S. The molecule has 0 unspecified atom stereocenters. The molecule has 0 aliphatic heterocycles. The van der Waals surface area contributed by atoms with Gasteiger partial charge in [-0.1, -0.05) is 25.1 Å². The van der Waals surface area contributed by atoms with Crippen molar-refractivity contribution in [2.75, 3.05) is 5.32 Å². The van der Waals surface area contributed by atoms with Crippen molar-refractivity contribution in [3.8, 4) is 5.75 Å². The minimum absolute atomic E-state index is 0.210. The standard InChI is InChI=1S/C18H18N2O3S/c1-3-11-7-5-6-8-12(11)19-17(22)14-15(21)16-13(9-10-24-16)20(4-2)18(14)23/h5-10,21H,3-4H2,1-2H3,(H,19,22). The van der Waals surface area contributed by atoms with Crippen molar-refractivity contribution in [2.45, 2.75) is 26.8 Å². The monoisotopic (exact) mass is 342 g/mol. The lowest BCUT2D eigenvalue weighted by atomic mass is 10.1. The Morgan fingerprint density at radius 1 is 1.25 bits per heavy atom. The molecule has 0 radical (unpaired) electrons. The van der Waals surface area contributed by atoms with Crippen LogP contribution in [0.5, 0.6) is 5.75 Å². The van der Waals surface area contributed by atoms with E-state index in [0.717, 1.165) is 12.0 Å². The maximum absolute atomic E-state index is 12.7. The molecule has 5 nitrogen and oxygen atoms in total. The predicted octanol–water partition coefficient (Wildman–Crippen LogP) is 3.60. The molecule has 1 amide bonds. The van der Waals surface area contributed by atoms with Crippen LogP contribution in [0.25, 0.3) is 10.2 Å². The number of hydrogen-bond donors (Lipinski definition) is 2. The molecule has 0 saturated heterocycles. The number of pyridine rings is 1. The van der Waals surface area contributed by atoms with Crippen LogP contribution in [-0.2, 0) is 13.0 Å². The quantitative estimate of drug-likeness (QED) is 0.761. The lowest BCUT2D eigenvalue weighted by Crippen LogP contribution is -2.29. The average Bonchev–Trinajstić information content (AvgIpc) is 3.05. The number of carbonyl (C=O) groups is 1. The fraction of sp³-hybridized carbons (Fsp3) is 0.222. The van der Waals surface area contributed by atoms with Gasteiger partial charge in [-0.3, -0.25) is 9.59 Å². The molecule has 1 aromatic carbocycles. The Labute approximate surface area is 143 Å². The molecule has 0 fully saturated rings. The third kappa shape index (κ3) is 2.59. The van der Waals surface area contributed by atoms with Gasteiger partial charge in [0.15, 0.2) is 5.75 Å². The molecule has 3 rings (SSSR count). The van der Waals surface area contributed by atoms with Crippen molar-refractivity contribution in [1.82, 2.24) is 4.57 Å². The van der Waals surface area contributed by atoms with Crippen molar-refractivity contribution in [3.63, 3.8) is 0 Å². The molecule has 0 bridgehead atoms. The van der Waals surface area contributed by atoms with Crippen LogP contribution in [0, 0.1) is 0 Å². The molecule has 6 heteroatoms. The average molecular weight is 342 g/mol. The molecule has 3 aromatic rings. The second-order valence-corrected chi connectivity index (χ2v) is 6.29. The van der Waals surface area contributed by atoms with Gasteiger partial charge in [0.2, 0.25) is 0 Å². The fourth-order valence-corrected chi connectivity index (χ4v) is 3.65. The SMILES string of the molecule is CCc1ccccc1NC(=O)c1c(O)c2sccc2n(CC)c1=O. The minimum atomic E-state index is -0.587. The van der Waals surface area contributed by atoms with Gasteiger partial charge in [-0.25, -0.2) is 0 Å². The van der Waals surface area contributed by atoms with Gasteiger partial charge in [0.05, 0.1) is 10.2 Å². The largest absolute Gasteiger partial charge is 0.505 e. The molecule has 0 atom stereocenters. The first-order valence-electron chi connectivity index (χ1n) is 7.80. The summed E-state index contributed by atoms with van der Waals surface area (Å²) in [6.07, 6.45) is 0.756. The van der Waals surface area contributed by atoms with E-state index in [1.807, 2.05) is 32.0 Å². The number of anilines is 1. The Balaban J connectivity index is 2.12. The lowest BCUT2D eigenvalue weighted by molar-refractivity contribution is 0.102. The van der Waals surface area contributed by atoms with Crippen molar-refractivity contribution >= 4 is 33.1 Å². The summed E-state index contributed by atoms with van der Waals surface area (Å²) in [6, 6.07) is 9.20. The van der Waals surface area contributed by atoms with Gasteiger partial charge in [-0.15, -0.1) is 11.3 Å². The Kier molecular flexibility index (Phi) is 4.40. The number of carbonyl (C=O) groups excluding carboxylic acids is 1. The number of benzene rings is 1. The number of aryl methyl sites for hydroxylation is 2. The van der Waals surface area contributed by atoms with Gasteiger partial charge >= 0.3 is 0 Å². The second kappa shape index (κ2) is 6.49. The zero-order chi connectivity index (χ0) is 17.3. The van der Waals surface area contributed by atoms with Crippen LogP contribution in [-0.4, -0.2) is 15.6 Å². The molecule has 2 heterocycles.